The van der Waals surface area contributed by atoms with E-state index in [9.17, 15) is 0 Å². The van der Waals surface area contributed by atoms with Gasteiger partial charge < -0.3 is 0 Å². The summed E-state index contributed by atoms with van der Waals surface area (Å²) < 4.78 is 34.4. The standard InChI is InChI=1S/AsH3O4.Pb/c2-1(3,4)5;/h(H3,2,3,4,5);/q;+4/p-2. The monoisotopic (exact) mass is 348 g/mol. The summed E-state index contributed by atoms with van der Waals surface area (Å²) in [7, 11) is 0. The molecule has 0 unspecified atom stereocenters. The Bertz CT molecular complexity index is 57.8. The zero-order chi connectivity index (χ0) is 4.50. The Morgan fingerprint density at radius 1 is 1.33 bits per heavy atom. The van der Waals surface area contributed by atoms with Crippen molar-refractivity contribution in [3.63, 3.8) is 0 Å². The molecule has 0 aromatic heterocycles. The molecule has 32 valence electrons. The number of hydrogen-bond donors (Lipinski definition) is 0. The Kier molecular flexibility index (Phi) is 5.44. The molecule has 0 spiro atoms. The van der Waals surface area contributed by atoms with Crippen LogP contribution < -0.4 is 12.3 Å². The van der Waals surface area contributed by atoms with Gasteiger partial charge >= 0.3 is 59.3 Å². The van der Waals surface area contributed by atoms with Crippen molar-refractivity contribution in [3.8, 4) is 0 Å². The van der Waals surface area contributed by atoms with Gasteiger partial charge in [-0.1, -0.05) is 0 Å². The summed E-state index contributed by atoms with van der Waals surface area (Å²) in [6.07, 6.45) is 0. The van der Waals surface area contributed by atoms with E-state index in [4.69, 9.17) is 16.0 Å². The van der Waals surface area contributed by atoms with Crippen molar-refractivity contribution in [3.05, 3.63) is 0 Å². The van der Waals surface area contributed by atoms with Gasteiger partial charge in [0.05, 0.1) is 0 Å². The first-order valence-electron chi connectivity index (χ1n) is 0.730. The van der Waals surface area contributed by atoms with Crippen molar-refractivity contribution in [1.82, 2.24) is 0 Å². The van der Waals surface area contributed by atoms with Crippen molar-refractivity contribution < 1.29 is 17.5 Å². The van der Waals surface area contributed by atoms with Crippen LogP contribution in [0.3, 0.4) is 0 Å². The predicted molar refractivity (Wildman–Crippen MR) is 13.3 cm³/mol. The molecule has 6 heavy (non-hydrogen) atoms. The van der Waals surface area contributed by atoms with Crippen LogP contribution in [-0.2, 0) is 3.74 Å². The summed E-state index contributed by atoms with van der Waals surface area (Å²) in [6, 6.07) is 0. The van der Waals surface area contributed by atoms with E-state index in [1.165, 1.54) is 0 Å². The largest absolute Gasteiger partial charge is 4.00 e. The van der Waals surface area contributed by atoms with Gasteiger partial charge in [-0.05, 0) is 0 Å². The maximum Gasteiger partial charge on any atom is 4.00 e. The average Bonchev–Trinajstić information content (AvgIpc) is 0.722. The molecule has 0 rings (SSSR count). The molecule has 4 nitrogen and oxygen atoms in total. The van der Waals surface area contributed by atoms with Crippen LogP contribution in [-0.4, -0.2) is 41.8 Å². The Hall–Kier alpha value is 1.16. The van der Waals surface area contributed by atoms with Crippen LogP contribution in [0.4, 0.5) is 0 Å². The van der Waals surface area contributed by atoms with Crippen LogP contribution >= 0.6 is 0 Å². The minimum Gasteiger partial charge on any atom is 1.00 e. The van der Waals surface area contributed by atoms with E-state index in [1.54, 1.807) is 0 Å². The Balaban J connectivity index is -0.0000000800. The van der Waals surface area contributed by atoms with Gasteiger partial charge in [0, 0.05) is 0 Å². The van der Waals surface area contributed by atoms with E-state index in [0.717, 1.165) is 0 Å². The predicted octanol–water partition coefficient (Wildman–Crippen LogP) is -4.33. The zero-order valence-electron chi connectivity index (χ0n) is 3.58. The van der Waals surface area contributed by atoms with Crippen LogP contribution in [0, 0.1) is 0 Å². The summed E-state index contributed by atoms with van der Waals surface area (Å²) in [4.78, 5) is 0. The van der Waals surface area contributed by atoms with E-state index in [2.05, 4.69) is 0 Å². The molecule has 0 aromatic rings. The smallest absolute Gasteiger partial charge is 1.00 e. The molecular formula is HAsO4Pb+2. The molecule has 0 aliphatic heterocycles. The molecule has 0 amide bonds. The third kappa shape index (κ3) is 66.3. The quantitative estimate of drug-likeness (QED) is 0.415. The summed E-state index contributed by atoms with van der Waals surface area (Å²) in [6.45, 7) is 0. The minimum absolute atomic E-state index is 0. The first-order valence-corrected chi connectivity index (χ1v) is 3.79. The maximum atomic E-state index is 8.61. The Labute approximate surface area is 59.2 Å². The first kappa shape index (κ1) is 10.2. The van der Waals surface area contributed by atoms with Crippen molar-refractivity contribution in [2.24, 2.45) is 0 Å². The van der Waals surface area contributed by atoms with Gasteiger partial charge in [-0.2, -0.15) is 0 Å². The Morgan fingerprint density at radius 3 is 1.33 bits per heavy atom. The molecule has 0 heterocycles. The van der Waals surface area contributed by atoms with Crippen LogP contribution in [0.25, 0.3) is 0 Å². The molecule has 0 atom stereocenters. The Morgan fingerprint density at radius 2 is 1.33 bits per heavy atom. The zero-order valence-corrected chi connectivity index (χ0v) is 8.34. The maximum absolute atomic E-state index is 8.61. The molecular weight excluding hydrogens is 346 g/mol. The topological polar surface area (TPSA) is 86.2 Å². The van der Waals surface area contributed by atoms with Gasteiger partial charge in [0.1, 0.15) is 0 Å². The van der Waals surface area contributed by atoms with Gasteiger partial charge in [0.2, 0.25) is 0 Å². The number of hydrogen-bond acceptors (Lipinski definition) is 4. The normalized spacial score (nSPS) is 9.83. The van der Waals surface area contributed by atoms with E-state index < -0.39 is 14.5 Å². The van der Waals surface area contributed by atoms with E-state index in [1.807, 2.05) is 0 Å². The summed E-state index contributed by atoms with van der Waals surface area (Å²) in [5, 5.41) is 0. The first-order chi connectivity index (χ1) is 2.00. The van der Waals surface area contributed by atoms with Crippen molar-refractivity contribution in [1.29, 1.82) is 0 Å². The fourth-order valence-electron chi connectivity index (χ4n) is 0. The van der Waals surface area contributed by atoms with Crippen LogP contribution in [0.1, 0.15) is 1.43 Å². The molecule has 0 fully saturated rings. The third-order valence-electron chi connectivity index (χ3n) is 0. The van der Waals surface area contributed by atoms with E-state index in [-0.39, 0.29) is 28.7 Å². The van der Waals surface area contributed by atoms with Gasteiger partial charge in [0.15, 0.2) is 0 Å². The van der Waals surface area contributed by atoms with Crippen molar-refractivity contribution in [2.75, 3.05) is 0 Å². The fourth-order valence-corrected chi connectivity index (χ4v) is 0. The van der Waals surface area contributed by atoms with Gasteiger partial charge in [-0.25, -0.2) is 0 Å². The molecule has 0 radical (unpaired) electrons. The van der Waals surface area contributed by atoms with Crippen molar-refractivity contribution in [2.45, 2.75) is 0 Å². The molecule has 0 aliphatic rings. The van der Waals surface area contributed by atoms with E-state index in [0.29, 0.717) is 0 Å². The van der Waals surface area contributed by atoms with Gasteiger partial charge in [0.25, 0.3) is 0 Å². The second kappa shape index (κ2) is 3.20. The molecule has 0 bridgehead atoms. The SMILES string of the molecule is O=[As]([O-])([O-])[O-].[H+].[Pb+4]. The van der Waals surface area contributed by atoms with Crippen LogP contribution in [0.2, 0.25) is 0 Å². The van der Waals surface area contributed by atoms with Crippen molar-refractivity contribution >= 4 is 41.8 Å². The van der Waals surface area contributed by atoms with Gasteiger partial charge in [-0.3, -0.25) is 0 Å². The van der Waals surface area contributed by atoms with Crippen LogP contribution in [0.5, 0.6) is 0 Å². The molecule has 0 saturated carbocycles. The molecule has 0 saturated heterocycles. The average molecular weight is 347 g/mol. The minimum atomic E-state index is -5.88. The summed E-state index contributed by atoms with van der Waals surface area (Å²) >= 11 is -5.88. The molecule has 0 N–H and O–H groups in total. The second-order valence-corrected chi connectivity index (χ2v) is 2.32. The third-order valence-corrected chi connectivity index (χ3v) is 0. The second-order valence-electron chi connectivity index (χ2n) is 0.447. The number of rotatable bonds is 0. The van der Waals surface area contributed by atoms with E-state index >= 15 is 0 Å². The summed E-state index contributed by atoms with van der Waals surface area (Å²) in [5.74, 6) is 0. The molecule has 0 aliphatic carbocycles. The fraction of sp³-hybridized carbons (Fsp3) is 0. The molecule has 6 heteroatoms. The van der Waals surface area contributed by atoms with Crippen LogP contribution in [0.15, 0.2) is 0 Å². The summed E-state index contributed by atoms with van der Waals surface area (Å²) in [5.41, 5.74) is 0. The molecule has 0 aromatic carbocycles. The van der Waals surface area contributed by atoms with Gasteiger partial charge in [-0.15, -0.1) is 0 Å².